The average Bonchev–Trinajstić information content (AvgIpc) is 3.04. The second-order valence-corrected chi connectivity index (χ2v) is 6.31. The lowest BCUT2D eigenvalue weighted by Crippen LogP contribution is -2.48. The largest absolute Gasteiger partial charge is 0.361 e. The van der Waals surface area contributed by atoms with Crippen LogP contribution in [0.4, 0.5) is 0 Å². The van der Waals surface area contributed by atoms with E-state index in [0.29, 0.717) is 6.54 Å². The van der Waals surface area contributed by atoms with Gasteiger partial charge in [-0.3, -0.25) is 4.79 Å². The molecule has 3 N–H and O–H groups in total. The van der Waals surface area contributed by atoms with E-state index >= 15 is 0 Å². The number of aromatic nitrogens is 1. The van der Waals surface area contributed by atoms with E-state index < -0.39 is 0 Å². The first kappa shape index (κ1) is 15.0. The second-order valence-electron chi connectivity index (χ2n) is 6.31. The van der Waals surface area contributed by atoms with Crippen LogP contribution < -0.4 is 10.6 Å². The molecule has 122 valence electrons. The van der Waals surface area contributed by atoms with Gasteiger partial charge in [0.1, 0.15) is 0 Å². The number of hydrogen-bond acceptors (Lipinski definition) is 2. The number of nitrogens with one attached hydrogen (secondary N) is 3. The standard InChI is InChI=1S/C20H21N3O/c24-20(19-11-14-5-1-2-6-15(14)12-23-19)21-10-9-16-13-22-18-8-4-3-7-17(16)18/h1-8,13,19,22-23H,9-12H2,(H,21,24). The highest BCUT2D eigenvalue weighted by Gasteiger charge is 2.23. The molecule has 3 aromatic rings. The van der Waals surface area contributed by atoms with Crippen LogP contribution in [-0.4, -0.2) is 23.5 Å². The first-order valence-corrected chi connectivity index (χ1v) is 8.44. The minimum Gasteiger partial charge on any atom is -0.361 e. The average molecular weight is 319 g/mol. The molecule has 4 heteroatoms. The molecule has 1 aliphatic heterocycles. The Hall–Kier alpha value is -2.59. The van der Waals surface area contributed by atoms with Crippen LogP contribution in [0.25, 0.3) is 10.9 Å². The van der Waals surface area contributed by atoms with Crippen molar-refractivity contribution in [3.63, 3.8) is 0 Å². The zero-order valence-corrected chi connectivity index (χ0v) is 13.5. The van der Waals surface area contributed by atoms with Crippen molar-refractivity contribution >= 4 is 16.8 Å². The first-order chi connectivity index (χ1) is 11.8. The molecule has 1 atom stereocenters. The monoisotopic (exact) mass is 319 g/mol. The Bertz CT molecular complexity index is 868. The predicted molar refractivity (Wildman–Crippen MR) is 95.8 cm³/mol. The maximum Gasteiger partial charge on any atom is 0.237 e. The van der Waals surface area contributed by atoms with E-state index in [1.165, 1.54) is 22.1 Å². The Kier molecular flexibility index (Phi) is 4.05. The van der Waals surface area contributed by atoms with Gasteiger partial charge in [0.25, 0.3) is 0 Å². The highest BCUT2D eigenvalue weighted by molar-refractivity contribution is 5.84. The molecule has 0 bridgehead atoms. The number of aromatic amines is 1. The van der Waals surface area contributed by atoms with Crippen molar-refractivity contribution in [3.8, 4) is 0 Å². The number of rotatable bonds is 4. The number of hydrogen-bond donors (Lipinski definition) is 3. The van der Waals surface area contributed by atoms with Crippen LogP contribution in [-0.2, 0) is 24.2 Å². The van der Waals surface area contributed by atoms with Crippen molar-refractivity contribution in [1.82, 2.24) is 15.6 Å². The topological polar surface area (TPSA) is 56.9 Å². The first-order valence-electron chi connectivity index (χ1n) is 8.44. The highest BCUT2D eigenvalue weighted by Crippen LogP contribution is 2.18. The van der Waals surface area contributed by atoms with Gasteiger partial charge < -0.3 is 15.6 Å². The summed E-state index contributed by atoms with van der Waals surface area (Å²) < 4.78 is 0. The van der Waals surface area contributed by atoms with Gasteiger partial charge in [0, 0.05) is 30.2 Å². The number of amides is 1. The number of carbonyl (C=O) groups excluding carboxylic acids is 1. The lowest BCUT2D eigenvalue weighted by atomic mass is 9.95. The van der Waals surface area contributed by atoms with Gasteiger partial charge in [-0.1, -0.05) is 42.5 Å². The molecule has 1 unspecified atom stereocenters. The van der Waals surface area contributed by atoms with Gasteiger partial charge in [0.2, 0.25) is 5.91 Å². The highest BCUT2D eigenvalue weighted by atomic mass is 16.2. The summed E-state index contributed by atoms with van der Waals surface area (Å²) in [6, 6.07) is 16.4. The molecule has 1 aromatic heterocycles. The predicted octanol–water partition coefficient (Wildman–Crippen LogP) is 2.54. The number of carbonyl (C=O) groups is 1. The van der Waals surface area contributed by atoms with E-state index in [-0.39, 0.29) is 11.9 Å². The van der Waals surface area contributed by atoms with Crippen molar-refractivity contribution in [2.45, 2.75) is 25.4 Å². The van der Waals surface area contributed by atoms with Crippen molar-refractivity contribution in [2.75, 3.05) is 6.54 Å². The zero-order chi connectivity index (χ0) is 16.4. The quantitative estimate of drug-likeness (QED) is 0.692. The van der Waals surface area contributed by atoms with E-state index in [0.717, 1.165) is 24.9 Å². The van der Waals surface area contributed by atoms with E-state index in [2.05, 4.69) is 39.9 Å². The lowest BCUT2D eigenvalue weighted by Gasteiger charge is -2.25. The fourth-order valence-corrected chi connectivity index (χ4v) is 3.42. The van der Waals surface area contributed by atoms with Crippen LogP contribution in [0.1, 0.15) is 16.7 Å². The minimum absolute atomic E-state index is 0.0874. The summed E-state index contributed by atoms with van der Waals surface area (Å²) in [4.78, 5) is 15.7. The molecular weight excluding hydrogens is 298 g/mol. The van der Waals surface area contributed by atoms with Gasteiger partial charge in [0.15, 0.2) is 0 Å². The Morgan fingerprint density at radius 1 is 1.08 bits per heavy atom. The molecule has 4 nitrogen and oxygen atoms in total. The van der Waals surface area contributed by atoms with Gasteiger partial charge in [0.05, 0.1) is 6.04 Å². The van der Waals surface area contributed by atoms with E-state index in [1.807, 2.05) is 30.5 Å². The molecule has 0 aliphatic carbocycles. The number of H-pyrrole nitrogens is 1. The summed E-state index contributed by atoms with van der Waals surface area (Å²) in [5.41, 5.74) is 4.95. The lowest BCUT2D eigenvalue weighted by molar-refractivity contribution is -0.123. The SMILES string of the molecule is O=C(NCCc1c[nH]c2ccccc12)C1Cc2ccccc2CN1. The van der Waals surface area contributed by atoms with E-state index in [9.17, 15) is 4.79 Å². The van der Waals surface area contributed by atoms with Gasteiger partial charge in [-0.2, -0.15) is 0 Å². The third-order valence-corrected chi connectivity index (χ3v) is 4.77. The minimum atomic E-state index is -0.136. The van der Waals surface area contributed by atoms with Gasteiger partial charge >= 0.3 is 0 Å². The second kappa shape index (κ2) is 6.49. The third kappa shape index (κ3) is 2.93. The van der Waals surface area contributed by atoms with Crippen LogP contribution in [0.2, 0.25) is 0 Å². The van der Waals surface area contributed by atoms with Crippen LogP contribution in [0.15, 0.2) is 54.7 Å². The number of benzene rings is 2. The fraction of sp³-hybridized carbons (Fsp3) is 0.250. The summed E-state index contributed by atoms with van der Waals surface area (Å²) in [5, 5.41) is 7.63. The molecule has 0 radical (unpaired) electrons. The van der Waals surface area contributed by atoms with Gasteiger partial charge in [-0.15, -0.1) is 0 Å². The molecule has 2 heterocycles. The van der Waals surface area contributed by atoms with Crippen LogP contribution in [0.3, 0.4) is 0 Å². The Balaban J connectivity index is 1.34. The summed E-state index contributed by atoms with van der Waals surface area (Å²) in [7, 11) is 0. The Morgan fingerprint density at radius 2 is 1.88 bits per heavy atom. The van der Waals surface area contributed by atoms with Crippen molar-refractivity contribution in [2.24, 2.45) is 0 Å². The van der Waals surface area contributed by atoms with Crippen LogP contribution in [0, 0.1) is 0 Å². The molecule has 4 rings (SSSR count). The summed E-state index contributed by atoms with van der Waals surface area (Å²) in [6.07, 6.45) is 3.63. The molecule has 1 aliphatic rings. The molecule has 0 fully saturated rings. The molecule has 0 saturated carbocycles. The van der Waals surface area contributed by atoms with Crippen molar-refractivity contribution in [3.05, 3.63) is 71.4 Å². The van der Waals surface area contributed by atoms with Gasteiger partial charge in [-0.25, -0.2) is 0 Å². The smallest absolute Gasteiger partial charge is 0.237 e. The van der Waals surface area contributed by atoms with Crippen LogP contribution >= 0.6 is 0 Å². The number of para-hydroxylation sites is 1. The maximum atomic E-state index is 12.4. The summed E-state index contributed by atoms with van der Waals surface area (Å²) in [6.45, 7) is 1.41. The summed E-state index contributed by atoms with van der Waals surface area (Å²) in [5.74, 6) is 0.0874. The Morgan fingerprint density at radius 3 is 2.79 bits per heavy atom. The zero-order valence-electron chi connectivity index (χ0n) is 13.5. The summed E-state index contributed by atoms with van der Waals surface area (Å²) >= 11 is 0. The Labute approximate surface area is 141 Å². The molecule has 2 aromatic carbocycles. The molecule has 24 heavy (non-hydrogen) atoms. The fourth-order valence-electron chi connectivity index (χ4n) is 3.42. The van der Waals surface area contributed by atoms with Gasteiger partial charge in [-0.05, 0) is 35.6 Å². The van der Waals surface area contributed by atoms with Crippen molar-refractivity contribution < 1.29 is 4.79 Å². The maximum absolute atomic E-state index is 12.4. The van der Waals surface area contributed by atoms with Crippen molar-refractivity contribution in [1.29, 1.82) is 0 Å². The molecule has 0 spiro atoms. The molecular formula is C20H21N3O. The third-order valence-electron chi connectivity index (χ3n) is 4.77. The van der Waals surface area contributed by atoms with E-state index in [4.69, 9.17) is 0 Å². The van der Waals surface area contributed by atoms with E-state index in [1.54, 1.807) is 0 Å². The normalized spacial score (nSPS) is 16.8. The molecule has 1 amide bonds. The molecule has 0 saturated heterocycles. The number of fused-ring (bicyclic) bond motifs is 2. The van der Waals surface area contributed by atoms with Crippen LogP contribution in [0.5, 0.6) is 0 Å².